The molecule has 12 heteroatoms. The molecule has 1 heterocycles. The van der Waals surface area contributed by atoms with Crippen molar-refractivity contribution in [2.45, 2.75) is 64.4 Å². The zero-order valence-corrected chi connectivity index (χ0v) is 23.6. The normalized spacial score (nSPS) is 13.2. The highest BCUT2D eigenvalue weighted by molar-refractivity contribution is 5.89. The molecule has 0 spiro atoms. The van der Waals surface area contributed by atoms with Crippen LogP contribution in [-0.2, 0) is 30.4 Å². The van der Waals surface area contributed by atoms with Gasteiger partial charge >= 0.3 is 12.1 Å². The van der Waals surface area contributed by atoms with E-state index >= 15 is 0 Å². The minimum atomic E-state index is -1.35. The molecule has 2 atom stereocenters. The van der Waals surface area contributed by atoms with Gasteiger partial charge < -0.3 is 24.8 Å². The van der Waals surface area contributed by atoms with E-state index in [9.17, 15) is 14.4 Å². The second kappa shape index (κ2) is 13.2. The van der Waals surface area contributed by atoms with Gasteiger partial charge in [0.1, 0.15) is 17.2 Å². The Labute approximate surface area is 233 Å². The van der Waals surface area contributed by atoms with Crippen LogP contribution in [0.5, 0.6) is 0 Å². The zero-order valence-electron chi connectivity index (χ0n) is 23.6. The molecular formula is C28H36N6O6. The quantitative estimate of drug-likeness (QED) is 0.343. The van der Waals surface area contributed by atoms with Gasteiger partial charge in [-0.3, -0.25) is 4.79 Å². The highest BCUT2D eigenvalue weighted by Crippen LogP contribution is 2.20. The molecule has 2 amide bonds. The average molecular weight is 553 g/mol. The molecule has 0 aliphatic heterocycles. The molecule has 0 fully saturated rings. The number of alkyl carbamates (subject to hydrolysis) is 1. The van der Waals surface area contributed by atoms with E-state index in [4.69, 9.17) is 14.2 Å². The van der Waals surface area contributed by atoms with E-state index in [-0.39, 0.29) is 19.0 Å². The summed E-state index contributed by atoms with van der Waals surface area (Å²) in [6.45, 7) is 8.53. The fourth-order valence-electron chi connectivity index (χ4n) is 3.60. The Hall–Kier alpha value is -4.32. The number of rotatable bonds is 11. The maximum Gasteiger partial charge on any atom is 0.408 e. The number of amides is 2. The van der Waals surface area contributed by atoms with Crippen LogP contribution in [-0.4, -0.2) is 63.0 Å². The lowest BCUT2D eigenvalue weighted by atomic mass is 10.0. The number of tetrazole rings is 1. The Kier molecular flexibility index (Phi) is 9.94. The molecule has 3 aromatic rings. The maximum absolute atomic E-state index is 13.3. The van der Waals surface area contributed by atoms with E-state index in [1.165, 1.54) is 7.11 Å². The third-order valence-corrected chi connectivity index (χ3v) is 5.61. The number of carbonyl (C=O) groups is 3. The van der Waals surface area contributed by atoms with E-state index in [1.54, 1.807) is 58.9 Å². The molecule has 214 valence electrons. The predicted octanol–water partition coefficient (Wildman–Crippen LogP) is 3.11. The Balaban J connectivity index is 1.83. The van der Waals surface area contributed by atoms with Crippen molar-refractivity contribution in [2.24, 2.45) is 0 Å². The molecular weight excluding hydrogens is 516 g/mol. The van der Waals surface area contributed by atoms with Gasteiger partial charge in [0.15, 0.2) is 11.9 Å². The van der Waals surface area contributed by atoms with Gasteiger partial charge in [-0.1, -0.05) is 60.7 Å². The molecule has 0 saturated heterocycles. The van der Waals surface area contributed by atoms with Crippen molar-refractivity contribution in [1.29, 1.82) is 0 Å². The number of carbonyl (C=O) groups excluding carboxylic acids is 3. The van der Waals surface area contributed by atoms with Crippen LogP contribution in [0.25, 0.3) is 0 Å². The summed E-state index contributed by atoms with van der Waals surface area (Å²) in [4.78, 5) is 39.4. The van der Waals surface area contributed by atoms with Crippen LogP contribution in [0.2, 0.25) is 0 Å². The van der Waals surface area contributed by atoms with Crippen LogP contribution in [0.15, 0.2) is 60.7 Å². The maximum atomic E-state index is 13.3. The summed E-state index contributed by atoms with van der Waals surface area (Å²) in [5, 5.41) is 18.0. The van der Waals surface area contributed by atoms with Crippen molar-refractivity contribution < 1.29 is 28.6 Å². The Morgan fingerprint density at radius 2 is 1.57 bits per heavy atom. The fraction of sp³-hybridized carbons (Fsp3) is 0.429. The second-order valence-electron chi connectivity index (χ2n) is 10.6. The topological polar surface area (TPSA) is 147 Å². The van der Waals surface area contributed by atoms with Gasteiger partial charge in [0.05, 0.1) is 20.3 Å². The first-order chi connectivity index (χ1) is 18.9. The Morgan fingerprint density at radius 3 is 2.17 bits per heavy atom. The zero-order chi connectivity index (χ0) is 29.3. The lowest BCUT2D eigenvalue weighted by molar-refractivity contribution is -0.143. The molecule has 0 radical (unpaired) electrons. The average Bonchev–Trinajstić information content (AvgIpc) is 3.37. The summed E-state index contributed by atoms with van der Waals surface area (Å²) < 4.78 is 16.2. The smallest absolute Gasteiger partial charge is 0.408 e. The molecule has 0 bridgehead atoms. The van der Waals surface area contributed by atoms with E-state index in [0.29, 0.717) is 5.56 Å². The summed E-state index contributed by atoms with van der Waals surface area (Å²) in [5.74, 6) is -1.01. The molecule has 40 heavy (non-hydrogen) atoms. The van der Waals surface area contributed by atoms with E-state index in [1.807, 2.05) is 36.4 Å². The first-order valence-electron chi connectivity index (χ1n) is 12.8. The first kappa shape index (κ1) is 30.2. The minimum absolute atomic E-state index is 0.0108. The number of aromatic nitrogens is 4. The number of ether oxygens (including phenoxy) is 3. The number of hydrogen-bond acceptors (Lipinski definition) is 9. The van der Waals surface area contributed by atoms with Crippen molar-refractivity contribution in [3.63, 3.8) is 0 Å². The summed E-state index contributed by atoms with van der Waals surface area (Å²) in [5.41, 5.74) is -0.552. The van der Waals surface area contributed by atoms with Crippen molar-refractivity contribution in [2.75, 3.05) is 13.7 Å². The third-order valence-electron chi connectivity index (χ3n) is 5.61. The van der Waals surface area contributed by atoms with Crippen LogP contribution in [0.1, 0.15) is 63.7 Å². The molecule has 3 rings (SSSR count). The van der Waals surface area contributed by atoms with Crippen LogP contribution in [0.3, 0.4) is 0 Å². The highest BCUT2D eigenvalue weighted by Gasteiger charge is 2.35. The van der Waals surface area contributed by atoms with Gasteiger partial charge in [0, 0.05) is 0 Å². The molecule has 2 N–H and O–H groups in total. The van der Waals surface area contributed by atoms with Gasteiger partial charge in [0.25, 0.3) is 0 Å². The van der Waals surface area contributed by atoms with E-state index < -0.39 is 41.2 Å². The molecule has 1 aromatic heterocycles. The summed E-state index contributed by atoms with van der Waals surface area (Å²) in [6, 6.07) is 16.5. The van der Waals surface area contributed by atoms with Crippen LogP contribution >= 0.6 is 0 Å². The van der Waals surface area contributed by atoms with Gasteiger partial charge in [-0.25, -0.2) is 9.59 Å². The largest absolute Gasteiger partial charge is 0.467 e. The molecule has 0 aliphatic carbocycles. The Bertz CT molecular complexity index is 1270. The number of nitrogens with one attached hydrogen (secondary N) is 2. The lowest BCUT2D eigenvalue weighted by Crippen LogP contribution is -2.56. The van der Waals surface area contributed by atoms with Gasteiger partial charge in [-0.2, -0.15) is 0 Å². The van der Waals surface area contributed by atoms with Gasteiger partial charge in [0.2, 0.25) is 5.91 Å². The second-order valence-corrected chi connectivity index (χ2v) is 10.6. The first-order valence-corrected chi connectivity index (χ1v) is 12.8. The molecule has 12 nitrogen and oxygen atoms in total. The number of methoxy groups -OCH3 is 1. The lowest BCUT2D eigenvalue weighted by Gasteiger charge is -2.29. The summed E-state index contributed by atoms with van der Waals surface area (Å²) in [7, 11) is 1.27. The van der Waals surface area contributed by atoms with Crippen LogP contribution in [0.4, 0.5) is 4.79 Å². The summed E-state index contributed by atoms with van der Waals surface area (Å²) in [6.07, 6.45) is -0.739. The molecule has 0 aliphatic rings. The van der Waals surface area contributed by atoms with Crippen molar-refractivity contribution in [1.82, 2.24) is 30.8 Å². The van der Waals surface area contributed by atoms with E-state index in [2.05, 4.69) is 26.0 Å². The van der Waals surface area contributed by atoms with Crippen molar-refractivity contribution >= 4 is 18.0 Å². The standard InChI is InChI=1S/C28H36N6O6/c1-27(2,3)40-26(37)30-28(4,5)25(36)29-21(18-39-17-19-13-9-7-10-14-19)23-31-33-34(32-23)22(24(35)38-6)20-15-11-8-12-16-20/h7-16,21-22H,17-18H2,1-6H3,(H,29,36)(H,30,37)/t21-,22?/m1/s1. The molecule has 0 saturated carbocycles. The monoisotopic (exact) mass is 552 g/mol. The van der Waals surface area contributed by atoms with Crippen LogP contribution < -0.4 is 10.6 Å². The Morgan fingerprint density at radius 1 is 0.950 bits per heavy atom. The third kappa shape index (κ3) is 8.60. The number of nitrogens with zero attached hydrogens (tertiary/aromatic N) is 4. The van der Waals surface area contributed by atoms with E-state index in [0.717, 1.165) is 10.4 Å². The highest BCUT2D eigenvalue weighted by atomic mass is 16.6. The summed E-state index contributed by atoms with van der Waals surface area (Å²) >= 11 is 0. The van der Waals surface area contributed by atoms with Gasteiger partial charge in [-0.15, -0.1) is 15.0 Å². The number of esters is 1. The SMILES string of the molecule is COC(=O)C(c1ccccc1)n1nnc([C@@H](COCc2ccccc2)NC(=O)C(C)(C)NC(=O)OC(C)(C)C)n1. The number of hydrogen-bond donors (Lipinski definition) is 2. The minimum Gasteiger partial charge on any atom is -0.467 e. The number of benzene rings is 2. The fourth-order valence-corrected chi connectivity index (χ4v) is 3.60. The van der Waals surface area contributed by atoms with Crippen molar-refractivity contribution in [3.05, 3.63) is 77.6 Å². The predicted molar refractivity (Wildman–Crippen MR) is 145 cm³/mol. The van der Waals surface area contributed by atoms with Crippen molar-refractivity contribution in [3.8, 4) is 0 Å². The van der Waals surface area contributed by atoms with Crippen LogP contribution in [0, 0.1) is 0 Å². The molecule has 1 unspecified atom stereocenters. The van der Waals surface area contributed by atoms with Gasteiger partial charge in [-0.05, 0) is 51.0 Å². The molecule has 2 aromatic carbocycles.